The van der Waals surface area contributed by atoms with Crippen LogP contribution in [0, 0.1) is 0 Å². The predicted octanol–water partition coefficient (Wildman–Crippen LogP) is -0.525. The first-order valence-electron chi connectivity index (χ1n) is 3.68. The first kappa shape index (κ1) is 13.6. The summed E-state index contributed by atoms with van der Waals surface area (Å²) in [6.45, 7) is -4.66. The van der Waals surface area contributed by atoms with Crippen LogP contribution in [0.4, 0.5) is 12.9 Å². The number of pyridine rings is 1. The third kappa shape index (κ3) is 6.68. The van der Waals surface area contributed by atoms with Crippen LogP contribution in [0.5, 0.6) is 0 Å². The Kier molecular flexibility index (Phi) is 6.49. The fourth-order valence-corrected chi connectivity index (χ4v) is 0.876. The van der Waals surface area contributed by atoms with E-state index in [9.17, 15) is 12.9 Å². The molecule has 0 unspecified atom stereocenters. The fraction of sp³-hybridized carbons (Fsp3) is 0.286. The summed E-state index contributed by atoms with van der Waals surface area (Å²) in [4.78, 5) is 3.72. The second kappa shape index (κ2) is 6.19. The van der Waals surface area contributed by atoms with Crippen LogP contribution in [-0.4, -0.2) is 12.0 Å². The molecule has 1 heterocycles. The van der Waals surface area contributed by atoms with Crippen molar-refractivity contribution >= 4 is 6.98 Å². The van der Waals surface area contributed by atoms with Crippen LogP contribution < -0.4 is 51.4 Å². The summed E-state index contributed by atoms with van der Waals surface area (Å²) in [5.74, 6) is 0. The number of aromatic nitrogens is 1. The minimum absolute atomic E-state index is 0. The van der Waals surface area contributed by atoms with Gasteiger partial charge in [-0.1, -0.05) is 18.8 Å². The molecule has 0 aliphatic rings. The maximum atomic E-state index is 11.8. The quantitative estimate of drug-likeness (QED) is 0.615. The van der Waals surface area contributed by atoms with Crippen LogP contribution >= 0.6 is 0 Å². The molecule has 0 radical (unpaired) electrons. The third-order valence-corrected chi connectivity index (χ3v) is 1.48. The fourth-order valence-electron chi connectivity index (χ4n) is 0.876. The van der Waals surface area contributed by atoms with E-state index in [0.717, 1.165) is 0 Å². The van der Waals surface area contributed by atoms with E-state index in [2.05, 4.69) is 4.98 Å². The number of halogens is 3. The average molecular weight is 213 g/mol. The number of aryl methyl sites for hydroxylation is 1. The van der Waals surface area contributed by atoms with Crippen molar-refractivity contribution < 1.29 is 64.3 Å². The SMILES string of the molecule is F[B-](F)(F)CCc1cccnc1.[K+]. The van der Waals surface area contributed by atoms with Crippen LogP contribution in [0.1, 0.15) is 5.56 Å². The van der Waals surface area contributed by atoms with Gasteiger partial charge in [0.1, 0.15) is 0 Å². The van der Waals surface area contributed by atoms with Crippen LogP contribution in [0.2, 0.25) is 6.32 Å². The smallest absolute Gasteiger partial charge is 0.449 e. The molecular formula is C7H8BF3KN. The second-order valence-electron chi connectivity index (χ2n) is 2.61. The van der Waals surface area contributed by atoms with Crippen molar-refractivity contribution in [2.24, 2.45) is 0 Å². The van der Waals surface area contributed by atoms with Gasteiger partial charge in [0.25, 0.3) is 0 Å². The Bertz CT molecular complexity index is 239. The van der Waals surface area contributed by atoms with Gasteiger partial charge in [0, 0.05) is 12.4 Å². The molecule has 6 heteroatoms. The molecule has 66 valence electrons. The van der Waals surface area contributed by atoms with Crippen molar-refractivity contribution in [1.82, 2.24) is 4.98 Å². The maximum absolute atomic E-state index is 11.8. The standard InChI is InChI=1S/C7H8BF3N.K/c9-8(10,11)4-3-7-2-1-5-12-6-7;/h1-2,5-6H,3-4H2;/q-1;+1. The van der Waals surface area contributed by atoms with E-state index in [0.29, 0.717) is 5.56 Å². The van der Waals surface area contributed by atoms with Crippen LogP contribution in [0.3, 0.4) is 0 Å². The number of nitrogens with zero attached hydrogens (tertiary/aromatic N) is 1. The van der Waals surface area contributed by atoms with Crippen molar-refractivity contribution in [3.8, 4) is 0 Å². The largest absolute Gasteiger partial charge is 1.00 e. The van der Waals surface area contributed by atoms with Crippen molar-refractivity contribution in [3.63, 3.8) is 0 Å². The summed E-state index contributed by atoms with van der Waals surface area (Å²) in [6, 6.07) is 3.29. The van der Waals surface area contributed by atoms with Crippen molar-refractivity contribution in [2.45, 2.75) is 12.7 Å². The Balaban J connectivity index is 0.00000144. The minimum Gasteiger partial charge on any atom is -0.449 e. The van der Waals surface area contributed by atoms with Gasteiger partial charge in [0.2, 0.25) is 0 Å². The molecule has 0 fully saturated rings. The first-order valence-corrected chi connectivity index (χ1v) is 3.68. The Morgan fingerprint density at radius 1 is 1.31 bits per heavy atom. The Morgan fingerprint density at radius 3 is 2.46 bits per heavy atom. The molecule has 1 aromatic heterocycles. The van der Waals surface area contributed by atoms with E-state index in [1.165, 1.54) is 6.20 Å². The van der Waals surface area contributed by atoms with Gasteiger partial charge in [-0.25, -0.2) is 0 Å². The molecule has 0 aliphatic heterocycles. The van der Waals surface area contributed by atoms with Gasteiger partial charge >= 0.3 is 58.4 Å². The molecule has 0 amide bonds. The summed E-state index contributed by atoms with van der Waals surface area (Å²) in [5, 5.41) is 0. The molecule has 1 rings (SSSR count). The Hall–Kier alpha value is 0.641. The Labute approximate surface area is 118 Å². The van der Waals surface area contributed by atoms with Crippen molar-refractivity contribution in [2.75, 3.05) is 0 Å². The first-order chi connectivity index (χ1) is 5.58. The summed E-state index contributed by atoms with van der Waals surface area (Å²) < 4.78 is 35.4. The molecular weight excluding hydrogens is 205 g/mol. The van der Waals surface area contributed by atoms with E-state index < -0.39 is 13.3 Å². The molecule has 0 saturated heterocycles. The van der Waals surface area contributed by atoms with Crippen LogP contribution in [0.25, 0.3) is 0 Å². The zero-order chi connectivity index (χ0) is 9.03. The van der Waals surface area contributed by atoms with Gasteiger partial charge in [-0.15, -0.1) is 0 Å². The zero-order valence-corrected chi connectivity index (χ0v) is 10.5. The third-order valence-electron chi connectivity index (χ3n) is 1.48. The molecule has 0 atom stereocenters. The van der Waals surface area contributed by atoms with Gasteiger partial charge in [-0.2, -0.15) is 0 Å². The van der Waals surface area contributed by atoms with Gasteiger partial charge in [-0.05, 0) is 11.6 Å². The van der Waals surface area contributed by atoms with E-state index >= 15 is 0 Å². The molecule has 1 nitrogen and oxygen atoms in total. The van der Waals surface area contributed by atoms with Crippen molar-refractivity contribution in [3.05, 3.63) is 30.1 Å². The molecule has 0 bridgehead atoms. The summed E-state index contributed by atoms with van der Waals surface area (Å²) in [5.41, 5.74) is 0.636. The van der Waals surface area contributed by atoms with Crippen LogP contribution in [-0.2, 0) is 6.42 Å². The van der Waals surface area contributed by atoms with E-state index in [4.69, 9.17) is 0 Å². The van der Waals surface area contributed by atoms with E-state index in [1.807, 2.05) is 0 Å². The van der Waals surface area contributed by atoms with E-state index in [1.54, 1.807) is 18.3 Å². The molecule has 13 heavy (non-hydrogen) atoms. The van der Waals surface area contributed by atoms with Gasteiger partial charge in [-0.3, -0.25) is 4.98 Å². The zero-order valence-electron chi connectivity index (χ0n) is 7.38. The number of hydrogen-bond acceptors (Lipinski definition) is 1. The summed E-state index contributed by atoms with van der Waals surface area (Å²) in [7, 11) is 0. The van der Waals surface area contributed by atoms with E-state index in [-0.39, 0.29) is 57.8 Å². The monoisotopic (exact) mass is 213 g/mol. The normalized spacial score (nSPS) is 10.7. The van der Waals surface area contributed by atoms with Gasteiger partial charge in [0.05, 0.1) is 0 Å². The maximum Gasteiger partial charge on any atom is 1.00 e. The average Bonchev–Trinajstić information content (AvgIpc) is 2.02. The summed E-state index contributed by atoms with van der Waals surface area (Å²) in [6.07, 6.45) is 2.33. The van der Waals surface area contributed by atoms with Gasteiger partial charge in [0.15, 0.2) is 0 Å². The second-order valence-corrected chi connectivity index (χ2v) is 2.61. The topological polar surface area (TPSA) is 12.9 Å². The number of hydrogen-bond donors (Lipinski definition) is 0. The molecule has 1 aromatic rings. The van der Waals surface area contributed by atoms with Gasteiger partial charge < -0.3 is 12.9 Å². The molecule has 0 saturated carbocycles. The number of rotatable bonds is 3. The summed E-state index contributed by atoms with van der Waals surface area (Å²) >= 11 is 0. The molecule has 0 spiro atoms. The minimum atomic E-state index is -4.66. The van der Waals surface area contributed by atoms with Crippen LogP contribution in [0.15, 0.2) is 24.5 Å². The molecule has 0 N–H and O–H groups in total. The molecule has 0 aromatic carbocycles. The predicted molar refractivity (Wildman–Crippen MR) is 41.8 cm³/mol. The van der Waals surface area contributed by atoms with Crippen molar-refractivity contribution in [1.29, 1.82) is 0 Å². The Morgan fingerprint density at radius 2 is 2.00 bits per heavy atom. The molecule has 0 aliphatic carbocycles.